The van der Waals surface area contributed by atoms with E-state index in [1.807, 2.05) is 0 Å². The third-order valence-electron chi connectivity index (χ3n) is 11.4. The van der Waals surface area contributed by atoms with Crippen LogP contribution in [0.15, 0.2) is 132 Å². The van der Waals surface area contributed by atoms with Gasteiger partial charge < -0.3 is 16.4 Å². The Kier molecular flexibility index (Phi) is 7.39. The lowest BCUT2D eigenvalue weighted by atomic mass is 9.70. The molecule has 3 heteroatoms. The van der Waals surface area contributed by atoms with Gasteiger partial charge in [0.2, 0.25) is 0 Å². The Hall–Kier alpha value is -5.12. The van der Waals surface area contributed by atoms with Crippen LogP contribution in [0.3, 0.4) is 0 Å². The Morgan fingerprint density at radius 2 is 1.43 bits per heavy atom. The van der Waals surface area contributed by atoms with E-state index in [0.717, 1.165) is 38.0 Å². The summed E-state index contributed by atoms with van der Waals surface area (Å²) in [5.74, 6) is 0.273. The van der Waals surface area contributed by atoms with Gasteiger partial charge in [-0.25, -0.2) is 0 Å². The van der Waals surface area contributed by atoms with E-state index >= 15 is 0 Å². The van der Waals surface area contributed by atoms with Crippen LogP contribution in [-0.2, 0) is 5.41 Å². The molecule has 0 radical (unpaired) electrons. The Morgan fingerprint density at radius 1 is 0.776 bits per heavy atom. The van der Waals surface area contributed by atoms with Crippen LogP contribution in [0.25, 0.3) is 34.4 Å². The second-order valence-corrected chi connectivity index (χ2v) is 14.2. The van der Waals surface area contributed by atoms with Gasteiger partial charge in [0.15, 0.2) is 0 Å². The highest BCUT2D eigenvalue weighted by Gasteiger charge is 2.51. The van der Waals surface area contributed by atoms with Crippen molar-refractivity contribution in [2.75, 3.05) is 25.5 Å². The summed E-state index contributed by atoms with van der Waals surface area (Å²) in [6, 6.07) is 41.4. The van der Waals surface area contributed by atoms with Gasteiger partial charge in [-0.3, -0.25) is 0 Å². The molecule has 3 nitrogen and oxygen atoms in total. The van der Waals surface area contributed by atoms with Crippen molar-refractivity contribution in [3.63, 3.8) is 0 Å². The number of allylic oxidation sites excluding steroid dienone is 3. The summed E-state index contributed by atoms with van der Waals surface area (Å²) in [5, 5.41) is 7.13. The van der Waals surface area contributed by atoms with Crippen LogP contribution in [0.5, 0.6) is 0 Å². The second-order valence-electron chi connectivity index (χ2n) is 14.2. The van der Waals surface area contributed by atoms with Crippen molar-refractivity contribution in [2.45, 2.75) is 43.4 Å². The van der Waals surface area contributed by atoms with Crippen molar-refractivity contribution >= 4 is 17.8 Å². The van der Waals surface area contributed by atoms with Crippen LogP contribution in [-0.4, -0.2) is 20.1 Å². The maximum atomic E-state index is 6.83. The zero-order valence-electron chi connectivity index (χ0n) is 28.2. The lowest BCUT2D eigenvalue weighted by molar-refractivity contribution is 0.609. The first-order valence-electron chi connectivity index (χ1n) is 18.0. The fourth-order valence-electron chi connectivity index (χ4n) is 9.27. The van der Waals surface area contributed by atoms with E-state index in [4.69, 9.17) is 5.73 Å². The fraction of sp³-hybridized carbons (Fsp3) is 0.217. The van der Waals surface area contributed by atoms with Gasteiger partial charge in [0, 0.05) is 30.4 Å². The van der Waals surface area contributed by atoms with E-state index in [9.17, 15) is 0 Å². The number of rotatable bonds is 7. The molecule has 1 heterocycles. The van der Waals surface area contributed by atoms with E-state index in [1.54, 1.807) is 0 Å². The monoisotopic (exact) mass is 637 g/mol. The van der Waals surface area contributed by atoms with E-state index in [0.29, 0.717) is 0 Å². The van der Waals surface area contributed by atoms with Crippen molar-refractivity contribution in [2.24, 2.45) is 5.73 Å². The normalized spacial score (nSPS) is 17.2. The van der Waals surface area contributed by atoms with Crippen molar-refractivity contribution < 1.29 is 0 Å². The number of anilines is 1. The maximum Gasteiger partial charge on any atom is 0.0725 e. The van der Waals surface area contributed by atoms with Crippen LogP contribution in [0.4, 0.5) is 5.69 Å². The van der Waals surface area contributed by atoms with Crippen molar-refractivity contribution in [1.82, 2.24) is 5.32 Å². The number of hydrogen-bond donors (Lipinski definition) is 3. The van der Waals surface area contributed by atoms with Crippen molar-refractivity contribution in [3.05, 3.63) is 171 Å². The summed E-state index contributed by atoms with van der Waals surface area (Å²) in [6.45, 7) is 1.75. The molecular formula is C46H43N3. The third kappa shape index (κ3) is 4.75. The largest absolute Gasteiger partial charge is 0.402 e. The van der Waals surface area contributed by atoms with Gasteiger partial charge >= 0.3 is 0 Å². The van der Waals surface area contributed by atoms with Crippen molar-refractivity contribution in [1.29, 1.82) is 0 Å². The number of nitrogens with two attached hydrogens (primary N) is 1. The molecule has 1 unspecified atom stereocenters. The molecule has 0 fully saturated rings. The molecule has 0 bridgehead atoms. The van der Waals surface area contributed by atoms with Gasteiger partial charge in [0.05, 0.1) is 5.41 Å². The van der Waals surface area contributed by atoms with E-state index < -0.39 is 0 Å². The number of hydrogen-bond acceptors (Lipinski definition) is 3. The van der Waals surface area contributed by atoms with Gasteiger partial charge in [-0.1, -0.05) is 121 Å². The first-order valence-corrected chi connectivity index (χ1v) is 18.0. The molecule has 9 rings (SSSR count). The first kappa shape index (κ1) is 30.0. The summed E-state index contributed by atoms with van der Waals surface area (Å²) in [5.41, 5.74) is 26.3. The number of benzene rings is 5. The second kappa shape index (κ2) is 12.1. The molecule has 0 amide bonds. The standard InChI is InChI=1S/C46H43N3/c1-48-29-34(27-33(35-12-5-9-19-44(35)47)25-30-20-21-31-11-10-24-49-45(31)26-30)32-22-23-39-38-15-4-8-18-42(38)46(43(39)28-32)40-16-6-2-13-36(40)37-14-3-7-17-41(37)46/h2-4,6-8,10-11,13-18,20-23,25-26,28,34,48-49H,5,9,12,19,24,27,29,47H2,1H3/b33-25+. The highest BCUT2D eigenvalue weighted by molar-refractivity contribution is 5.95. The predicted molar refractivity (Wildman–Crippen MR) is 206 cm³/mol. The van der Waals surface area contributed by atoms with Crippen LogP contribution in [0.2, 0.25) is 0 Å². The molecule has 4 N–H and O–H groups in total. The molecular weight excluding hydrogens is 595 g/mol. The molecule has 4 aliphatic rings. The molecule has 0 saturated heterocycles. The van der Waals surface area contributed by atoms with E-state index in [2.05, 4.69) is 145 Å². The summed E-state index contributed by atoms with van der Waals surface area (Å²) < 4.78 is 0. The average molecular weight is 638 g/mol. The lowest BCUT2D eigenvalue weighted by Crippen LogP contribution is -2.26. The van der Waals surface area contributed by atoms with Gasteiger partial charge in [-0.2, -0.15) is 0 Å². The Labute approximate surface area is 290 Å². The lowest BCUT2D eigenvalue weighted by Gasteiger charge is -2.31. The molecule has 5 aromatic carbocycles. The van der Waals surface area contributed by atoms with Gasteiger partial charge in [-0.05, 0) is 118 Å². The molecule has 1 atom stereocenters. The Morgan fingerprint density at radius 3 is 2.10 bits per heavy atom. The summed E-state index contributed by atoms with van der Waals surface area (Å²) in [4.78, 5) is 0. The molecule has 1 aliphatic heterocycles. The third-order valence-corrected chi connectivity index (χ3v) is 11.4. The molecule has 49 heavy (non-hydrogen) atoms. The summed E-state index contributed by atoms with van der Waals surface area (Å²) in [7, 11) is 2.08. The number of likely N-dealkylation sites (N-methyl/N-ethyl adjacent to an activating group) is 1. The van der Waals surface area contributed by atoms with Crippen molar-refractivity contribution in [3.8, 4) is 22.3 Å². The van der Waals surface area contributed by atoms with E-state index in [-0.39, 0.29) is 11.3 Å². The molecule has 0 saturated carbocycles. The fourth-order valence-corrected chi connectivity index (χ4v) is 9.27. The van der Waals surface area contributed by atoms with Gasteiger partial charge in [0.25, 0.3) is 0 Å². The topological polar surface area (TPSA) is 50.1 Å². The number of fused-ring (bicyclic) bond motifs is 11. The molecule has 0 aromatic heterocycles. The minimum atomic E-state index is -0.334. The van der Waals surface area contributed by atoms with E-state index in [1.165, 1.54) is 90.9 Å². The summed E-state index contributed by atoms with van der Waals surface area (Å²) >= 11 is 0. The highest BCUT2D eigenvalue weighted by Crippen LogP contribution is 2.63. The minimum Gasteiger partial charge on any atom is -0.402 e. The Balaban J connectivity index is 1.19. The van der Waals surface area contributed by atoms with Gasteiger partial charge in [0.1, 0.15) is 0 Å². The maximum absolute atomic E-state index is 6.83. The first-order chi connectivity index (χ1) is 24.2. The highest BCUT2D eigenvalue weighted by atomic mass is 14.9. The predicted octanol–water partition coefficient (Wildman–Crippen LogP) is 10.0. The van der Waals surface area contributed by atoms with Crippen LogP contribution >= 0.6 is 0 Å². The molecule has 5 aromatic rings. The van der Waals surface area contributed by atoms with Gasteiger partial charge in [-0.15, -0.1) is 0 Å². The smallest absolute Gasteiger partial charge is 0.0725 e. The zero-order chi connectivity index (χ0) is 33.0. The van der Waals surface area contributed by atoms with Crippen LogP contribution < -0.4 is 16.4 Å². The molecule has 242 valence electrons. The SMILES string of the molecule is CNCC(C/C(=C\c1ccc2c(c1)NCC=C2)C1=C(N)CCCC1)c1ccc2c(c1)C1(c3ccccc3-c3ccccc31)c1ccccc1-2. The minimum absolute atomic E-state index is 0.273. The average Bonchev–Trinajstić information content (AvgIpc) is 3.62. The Bertz CT molecular complexity index is 2130. The summed E-state index contributed by atoms with van der Waals surface area (Å²) in [6.07, 6.45) is 12.1. The number of nitrogens with one attached hydrogen (secondary N) is 2. The quantitative estimate of drug-likeness (QED) is 0.163. The molecule has 1 spiro atoms. The van der Waals surface area contributed by atoms with Crippen LogP contribution in [0.1, 0.15) is 77.0 Å². The van der Waals surface area contributed by atoms with Crippen LogP contribution in [0, 0.1) is 0 Å². The molecule has 3 aliphatic carbocycles. The zero-order valence-corrected chi connectivity index (χ0v) is 28.2.